The van der Waals surface area contributed by atoms with E-state index in [-0.39, 0.29) is 0 Å². The summed E-state index contributed by atoms with van der Waals surface area (Å²) in [7, 11) is 1.59. The molecule has 0 saturated carbocycles. The van der Waals surface area contributed by atoms with Crippen LogP contribution in [-0.2, 0) is 0 Å². The largest absolute Gasteiger partial charge is 0.491 e. The summed E-state index contributed by atoms with van der Waals surface area (Å²) in [6, 6.07) is 7.92. The van der Waals surface area contributed by atoms with Crippen molar-refractivity contribution in [3.8, 4) is 11.6 Å². The number of benzene rings is 1. The molecule has 2 aromatic rings. The van der Waals surface area contributed by atoms with Crippen LogP contribution >= 0.6 is 15.9 Å². The van der Waals surface area contributed by atoms with E-state index in [0.717, 1.165) is 28.9 Å². The highest BCUT2D eigenvalue weighted by molar-refractivity contribution is 9.10. The van der Waals surface area contributed by atoms with Gasteiger partial charge in [0.2, 0.25) is 11.8 Å². The molecule has 6 heteroatoms. The molecule has 0 bridgehead atoms. The second-order valence-corrected chi connectivity index (χ2v) is 5.20. The van der Waals surface area contributed by atoms with Crippen LogP contribution in [0.4, 0.5) is 11.6 Å². The van der Waals surface area contributed by atoms with Crippen molar-refractivity contribution in [2.45, 2.75) is 6.42 Å². The molecular weight excluding hydrogens is 322 g/mol. The molecule has 1 aromatic carbocycles. The Morgan fingerprint density at radius 1 is 1.35 bits per heavy atom. The minimum absolute atomic E-state index is 0.526. The number of rotatable bonds is 2. The summed E-state index contributed by atoms with van der Waals surface area (Å²) in [5.41, 5.74) is 0.981. The van der Waals surface area contributed by atoms with E-state index in [1.165, 1.54) is 0 Å². The highest BCUT2D eigenvalue weighted by atomic mass is 79.9. The van der Waals surface area contributed by atoms with E-state index in [9.17, 15) is 0 Å². The SMILES string of the molecule is COc1nc(N2CCCOc3ccccc32)ncc1Br. The predicted octanol–water partition coefficient (Wildman–Crippen LogP) is 3.17. The van der Waals surface area contributed by atoms with Gasteiger partial charge in [-0.05, 0) is 34.5 Å². The van der Waals surface area contributed by atoms with Crippen molar-refractivity contribution in [1.29, 1.82) is 0 Å². The lowest BCUT2D eigenvalue weighted by molar-refractivity contribution is 0.322. The van der Waals surface area contributed by atoms with Gasteiger partial charge in [-0.1, -0.05) is 12.1 Å². The number of nitrogens with zero attached hydrogens (tertiary/aromatic N) is 3. The lowest BCUT2D eigenvalue weighted by Gasteiger charge is -2.21. The molecule has 20 heavy (non-hydrogen) atoms. The number of fused-ring (bicyclic) bond motifs is 1. The second-order valence-electron chi connectivity index (χ2n) is 4.35. The fraction of sp³-hybridized carbons (Fsp3) is 0.286. The van der Waals surface area contributed by atoms with Crippen molar-refractivity contribution in [1.82, 2.24) is 9.97 Å². The zero-order valence-corrected chi connectivity index (χ0v) is 12.6. The first kappa shape index (κ1) is 13.2. The number of aromatic nitrogens is 2. The summed E-state index contributed by atoms with van der Waals surface area (Å²) in [6.45, 7) is 1.50. The van der Waals surface area contributed by atoms with E-state index >= 15 is 0 Å². The molecule has 0 radical (unpaired) electrons. The fourth-order valence-corrected chi connectivity index (χ4v) is 2.50. The van der Waals surface area contributed by atoms with E-state index in [1.807, 2.05) is 24.3 Å². The second kappa shape index (κ2) is 5.66. The van der Waals surface area contributed by atoms with Crippen molar-refractivity contribution >= 4 is 27.6 Å². The standard InChI is InChI=1S/C14H14BrN3O2/c1-19-13-10(15)9-16-14(17-13)18-7-4-8-20-12-6-3-2-5-11(12)18/h2-3,5-6,9H,4,7-8H2,1H3. The van der Waals surface area contributed by atoms with E-state index < -0.39 is 0 Å². The van der Waals surface area contributed by atoms with Crippen molar-refractivity contribution < 1.29 is 9.47 Å². The Morgan fingerprint density at radius 3 is 3.05 bits per heavy atom. The van der Waals surface area contributed by atoms with Gasteiger partial charge < -0.3 is 14.4 Å². The molecule has 3 rings (SSSR count). The first-order chi connectivity index (χ1) is 9.79. The summed E-state index contributed by atoms with van der Waals surface area (Å²) in [5.74, 6) is 2.00. The van der Waals surface area contributed by atoms with E-state index in [1.54, 1.807) is 13.3 Å². The first-order valence-electron chi connectivity index (χ1n) is 6.35. The van der Waals surface area contributed by atoms with E-state index in [0.29, 0.717) is 18.4 Å². The van der Waals surface area contributed by atoms with Crippen molar-refractivity contribution in [2.24, 2.45) is 0 Å². The van der Waals surface area contributed by atoms with Crippen LogP contribution in [0.2, 0.25) is 0 Å². The Hall–Kier alpha value is -1.82. The smallest absolute Gasteiger partial charge is 0.233 e. The molecule has 1 aromatic heterocycles. The highest BCUT2D eigenvalue weighted by Gasteiger charge is 2.20. The molecule has 0 N–H and O–H groups in total. The number of methoxy groups -OCH3 is 1. The highest BCUT2D eigenvalue weighted by Crippen LogP contribution is 2.35. The minimum atomic E-state index is 0.526. The van der Waals surface area contributed by atoms with Crippen LogP contribution in [0.3, 0.4) is 0 Å². The average Bonchev–Trinajstić information content (AvgIpc) is 2.70. The maximum atomic E-state index is 5.74. The third-order valence-corrected chi connectivity index (χ3v) is 3.62. The van der Waals surface area contributed by atoms with Crippen LogP contribution in [-0.4, -0.2) is 30.2 Å². The van der Waals surface area contributed by atoms with Crippen LogP contribution in [0, 0.1) is 0 Å². The Bertz CT molecular complexity index is 621. The Morgan fingerprint density at radius 2 is 2.20 bits per heavy atom. The predicted molar refractivity (Wildman–Crippen MR) is 79.8 cm³/mol. The molecule has 0 spiro atoms. The van der Waals surface area contributed by atoms with Gasteiger partial charge in [0.05, 0.1) is 30.1 Å². The molecule has 0 unspecified atom stereocenters. The quantitative estimate of drug-likeness (QED) is 0.843. The number of ether oxygens (including phenoxy) is 2. The molecule has 0 saturated heterocycles. The van der Waals surface area contributed by atoms with Gasteiger partial charge in [-0.2, -0.15) is 4.98 Å². The van der Waals surface area contributed by atoms with Gasteiger partial charge >= 0.3 is 0 Å². The summed E-state index contributed by atoms with van der Waals surface area (Å²) in [6.07, 6.45) is 2.62. The first-order valence-corrected chi connectivity index (χ1v) is 7.15. The van der Waals surface area contributed by atoms with E-state index in [2.05, 4.69) is 30.8 Å². The third kappa shape index (κ3) is 2.43. The molecule has 1 aliphatic heterocycles. The molecule has 0 atom stereocenters. The number of halogens is 1. The summed E-state index contributed by atoms with van der Waals surface area (Å²) >= 11 is 3.37. The summed E-state index contributed by atoms with van der Waals surface area (Å²) in [4.78, 5) is 10.9. The normalized spacial score (nSPS) is 14.2. The molecule has 0 amide bonds. The Balaban J connectivity index is 2.05. The third-order valence-electron chi connectivity index (χ3n) is 3.07. The lowest BCUT2D eigenvalue weighted by Crippen LogP contribution is -2.20. The average molecular weight is 336 g/mol. The van der Waals surface area contributed by atoms with E-state index in [4.69, 9.17) is 9.47 Å². The van der Waals surface area contributed by atoms with Gasteiger partial charge in [0.1, 0.15) is 5.75 Å². The van der Waals surface area contributed by atoms with Crippen LogP contribution < -0.4 is 14.4 Å². The number of para-hydroxylation sites is 2. The molecule has 1 aliphatic rings. The topological polar surface area (TPSA) is 47.5 Å². The van der Waals surface area contributed by atoms with Gasteiger partial charge in [0, 0.05) is 6.54 Å². The maximum Gasteiger partial charge on any atom is 0.233 e. The zero-order chi connectivity index (χ0) is 13.9. The molecule has 0 fully saturated rings. The fourth-order valence-electron chi connectivity index (χ4n) is 2.15. The molecule has 104 valence electrons. The van der Waals surface area contributed by atoms with Crippen LogP contribution in [0.25, 0.3) is 0 Å². The van der Waals surface area contributed by atoms with Gasteiger partial charge in [0.25, 0.3) is 0 Å². The van der Waals surface area contributed by atoms with Crippen molar-refractivity contribution in [3.63, 3.8) is 0 Å². The van der Waals surface area contributed by atoms with Crippen LogP contribution in [0.1, 0.15) is 6.42 Å². The van der Waals surface area contributed by atoms with Gasteiger partial charge in [-0.15, -0.1) is 0 Å². The molecular formula is C14H14BrN3O2. The van der Waals surface area contributed by atoms with Gasteiger partial charge in [0.15, 0.2) is 0 Å². The Labute approximate surface area is 125 Å². The molecule has 5 nitrogen and oxygen atoms in total. The lowest BCUT2D eigenvalue weighted by atomic mass is 10.2. The van der Waals surface area contributed by atoms with Gasteiger partial charge in [-0.25, -0.2) is 4.98 Å². The zero-order valence-electron chi connectivity index (χ0n) is 11.0. The molecule has 0 aliphatic carbocycles. The number of hydrogen-bond acceptors (Lipinski definition) is 5. The van der Waals surface area contributed by atoms with Crippen LogP contribution in [0.5, 0.6) is 11.6 Å². The van der Waals surface area contributed by atoms with Crippen molar-refractivity contribution in [3.05, 3.63) is 34.9 Å². The summed E-state index contributed by atoms with van der Waals surface area (Å²) < 4.78 is 11.7. The maximum absolute atomic E-state index is 5.74. The van der Waals surface area contributed by atoms with Crippen LogP contribution in [0.15, 0.2) is 34.9 Å². The minimum Gasteiger partial charge on any atom is -0.491 e. The summed E-state index contributed by atoms with van der Waals surface area (Å²) in [5, 5.41) is 0. The number of anilines is 2. The molecule has 2 heterocycles. The monoisotopic (exact) mass is 335 g/mol. The van der Waals surface area contributed by atoms with Gasteiger partial charge in [-0.3, -0.25) is 0 Å². The Kier molecular flexibility index (Phi) is 3.73. The van der Waals surface area contributed by atoms with Crippen molar-refractivity contribution in [2.75, 3.05) is 25.2 Å². The number of hydrogen-bond donors (Lipinski definition) is 0.